The van der Waals surface area contributed by atoms with Gasteiger partial charge in [0, 0.05) is 31.4 Å². The van der Waals surface area contributed by atoms with Gasteiger partial charge in [0.1, 0.15) is 0 Å². The fraction of sp³-hybridized carbons (Fsp3) is 0.381. The second-order valence-corrected chi connectivity index (χ2v) is 7.87. The van der Waals surface area contributed by atoms with Gasteiger partial charge in [-0.1, -0.05) is 18.2 Å². The van der Waals surface area contributed by atoms with Crippen LogP contribution in [0.15, 0.2) is 48.8 Å². The standard InChI is InChI=1S/C21H25N3OS/c1-16(2)24(15-17-8-7-13-22-14-17)21(25)12-6-5-11-20-23-18-9-3-4-10-19(18)26-20/h3-4,7-10,13-14,16H,5-6,11-12,15H2,1-2H3. The van der Waals surface area contributed by atoms with E-state index < -0.39 is 0 Å². The number of aromatic nitrogens is 2. The van der Waals surface area contributed by atoms with Crippen LogP contribution < -0.4 is 0 Å². The van der Waals surface area contributed by atoms with Crippen molar-refractivity contribution in [3.8, 4) is 0 Å². The van der Waals surface area contributed by atoms with Crippen LogP contribution in [0.5, 0.6) is 0 Å². The third-order valence-corrected chi connectivity index (χ3v) is 5.49. The lowest BCUT2D eigenvalue weighted by molar-refractivity contribution is -0.133. The molecule has 0 saturated heterocycles. The minimum Gasteiger partial charge on any atom is -0.336 e. The molecule has 0 aliphatic rings. The van der Waals surface area contributed by atoms with E-state index in [1.807, 2.05) is 35.4 Å². The van der Waals surface area contributed by atoms with Crippen molar-refractivity contribution < 1.29 is 4.79 Å². The Morgan fingerprint density at radius 3 is 2.73 bits per heavy atom. The third-order valence-electron chi connectivity index (χ3n) is 4.39. The molecule has 4 nitrogen and oxygen atoms in total. The average molecular weight is 368 g/mol. The Morgan fingerprint density at radius 2 is 2.00 bits per heavy atom. The Bertz CT molecular complexity index is 812. The molecular formula is C21H25N3OS. The highest BCUT2D eigenvalue weighted by Crippen LogP contribution is 2.23. The molecule has 3 aromatic rings. The SMILES string of the molecule is CC(C)N(Cc1cccnc1)C(=O)CCCCc1nc2ccccc2s1. The van der Waals surface area contributed by atoms with Gasteiger partial charge in [0.05, 0.1) is 15.2 Å². The molecule has 0 N–H and O–H groups in total. The average Bonchev–Trinajstić information content (AvgIpc) is 3.06. The fourth-order valence-corrected chi connectivity index (χ4v) is 3.98. The number of amides is 1. The predicted octanol–water partition coefficient (Wildman–Crippen LogP) is 4.84. The second-order valence-electron chi connectivity index (χ2n) is 6.76. The number of nitrogens with zero attached hydrogens (tertiary/aromatic N) is 3. The van der Waals surface area contributed by atoms with Crippen LogP contribution in [0.4, 0.5) is 0 Å². The van der Waals surface area contributed by atoms with Crippen molar-refractivity contribution in [1.29, 1.82) is 0 Å². The smallest absolute Gasteiger partial charge is 0.223 e. The molecule has 2 aromatic heterocycles. The number of hydrogen-bond donors (Lipinski definition) is 0. The highest BCUT2D eigenvalue weighted by Gasteiger charge is 2.17. The molecule has 0 radical (unpaired) electrons. The van der Waals surface area contributed by atoms with E-state index in [1.165, 1.54) is 4.70 Å². The molecule has 0 unspecified atom stereocenters. The van der Waals surface area contributed by atoms with E-state index in [9.17, 15) is 4.79 Å². The highest BCUT2D eigenvalue weighted by atomic mass is 32.1. The first-order chi connectivity index (χ1) is 12.6. The van der Waals surface area contributed by atoms with E-state index in [-0.39, 0.29) is 11.9 Å². The van der Waals surface area contributed by atoms with Crippen molar-refractivity contribution in [2.45, 2.75) is 52.1 Å². The summed E-state index contributed by atoms with van der Waals surface area (Å²) in [5.74, 6) is 0.216. The van der Waals surface area contributed by atoms with Crippen LogP contribution in [-0.4, -0.2) is 26.8 Å². The lowest BCUT2D eigenvalue weighted by Gasteiger charge is -2.27. The number of para-hydroxylation sites is 1. The van der Waals surface area contributed by atoms with E-state index >= 15 is 0 Å². The van der Waals surface area contributed by atoms with Gasteiger partial charge in [-0.3, -0.25) is 9.78 Å². The van der Waals surface area contributed by atoms with E-state index in [0.29, 0.717) is 13.0 Å². The molecule has 0 fully saturated rings. The number of hydrogen-bond acceptors (Lipinski definition) is 4. The van der Waals surface area contributed by atoms with Gasteiger partial charge in [-0.15, -0.1) is 11.3 Å². The quantitative estimate of drug-likeness (QED) is 0.535. The number of aryl methyl sites for hydroxylation is 1. The zero-order valence-corrected chi connectivity index (χ0v) is 16.2. The van der Waals surface area contributed by atoms with Crippen molar-refractivity contribution in [2.24, 2.45) is 0 Å². The first-order valence-electron chi connectivity index (χ1n) is 9.16. The maximum absolute atomic E-state index is 12.6. The van der Waals surface area contributed by atoms with Crippen LogP contribution >= 0.6 is 11.3 Å². The summed E-state index contributed by atoms with van der Waals surface area (Å²) in [6.45, 7) is 4.76. The maximum Gasteiger partial charge on any atom is 0.223 e. The number of carbonyl (C=O) groups is 1. The molecule has 26 heavy (non-hydrogen) atoms. The molecule has 0 bridgehead atoms. The molecular weight excluding hydrogens is 342 g/mol. The Labute approximate surface area is 158 Å². The number of fused-ring (bicyclic) bond motifs is 1. The summed E-state index contributed by atoms with van der Waals surface area (Å²) < 4.78 is 1.24. The molecule has 136 valence electrons. The van der Waals surface area contributed by atoms with Crippen LogP contribution in [-0.2, 0) is 17.8 Å². The molecule has 1 amide bonds. The summed E-state index contributed by atoms with van der Waals surface area (Å²) in [6, 6.07) is 12.3. The number of benzene rings is 1. The number of carbonyl (C=O) groups excluding carboxylic acids is 1. The second kappa shape index (κ2) is 8.90. The van der Waals surface area contributed by atoms with Crippen molar-refractivity contribution in [3.05, 3.63) is 59.4 Å². The van der Waals surface area contributed by atoms with Crippen molar-refractivity contribution >= 4 is 27.5 Å². The van der Waals surface area contributed by atoms with Gasteiger partial charge in [0.25, 0.3) is 0 Å². The highest BCUT2D eigenvalue weighted by molar-refractivity contribution is 7.18. The van der Waals surface area contributed by atoms with Crippen molar-refractivity contribution in [1.82, 2.24) is 14.9 Å². The summed E-state index contributed by atoms with van der Waals surface area (Å²) in [6.07, 6.45) is 7.00. The molecule has 0 spiro atoms. The van der Waals surface area contributed by atoms with Crippen LogP contribution in [0.2, 0.25) is 0 Å². The minimum absolute atomic E-state index is 0.187. The van der Waals surface area contributed by atoms with Crippen molar-refractivity contribution in [2.75, 3.05) is 0 Å². The Kier molecular flexibility index (Phi) is 6.34. The minimum atomic E-state index is 0.187. The zero-order chi connectivity index (χ0) is 18.4. The summed E-state index contributed by atoms with van der Waals surface area (Å²) in [4.78, 5) is 23.4. The molecule has 0 aliphatic carbocycles. The lowest BCUT2D eigenvalue weighted by Crippen LogP contribution is -2.36. The first kappa shape index (κ1) is 18.5. The van der Waals surface area contributed by atoms with Crippen molar-refractivity contribution in [3.63, 3.8) is 0 Å². The van der Waals surface area contributed by atoms with Gasteiger partial charge >= 0.3 is 0 Å². The van der Waals surface area contributed by atoms with Gasteiger partial charge < -0.3 is 4.90 Å². The fourth-order valence-electron chi connectivity index (χ4n) is 2.97. The van der Waals surface area contributed by atoms with E-state index in [4.69, 9.17) is 0 Å². The van der Waals surface area contributed by atoms with Gasteiger partial charge in [0.2, 0.25) is 5.91 Å². The molecule has 3 rings (SSSR count). The number of unbranched alkanes of at least 4 members (excludes halogenated alkanes) is 1. The molecule has 0 saturated carbocycles. The van der Waals surface area contributed by atoms with Crippen LogP contribution in [0.1, 0.15) is 43.7 Å². The van der Waals surface area contributed by atoms with E-state index in [1.54, 1.807) is 17.5 Å². The Balaban J connectivity index is 1.48. The summed E-state index contributed by atoms with van der Waals surface area (Å²) in [7, 11) is 0. The summed E-state index contributed by atoms with van der Waals surface area (Å²) in [5, 5.41) is 1.16. The number of rotatable bonds is 8. The van der Waals surface area contributed by atoms with Crippen LogP contribution in [0.3, 0.4) is 0 Å². The maximum atomic E-state index is 12.6. The zero-order valence-electron chi connectivity index (χ0n) is 15.4. The van der Waals surface area contributed by atoms with E-state index in [0.717, 1.165) is 35.4 Å². The van der Waals surface area contributed by atoms with Crippen LogP contribution in [0.25, 0.3) is 10.2 Å². The van der Waals surface area contributed by atoms with E-state index in [2.05, 4.69) is 35.9 Å². The molecule has 2 heterocycles. The summed E-state index contributed by atoms with van der Waals surface area (Å²) in [5.41, 5.74) is 2.15. The topological polar surface area (TPSA) is 46.1 Å². The Hall–Kier alpha value is -2.27. The number of thiazole rings is 1. The summed E-state index contributed by atoms with van der Waals surface area (Å²) >= 11 is 1.76. The lowest BCUT2D eigenvalue weighted by atomic mass is 10.1. The predicted molar refractivity (Wildman–Crippen MR) is 107 cm³/mol. The molecule has 0 aliphatic heterocycles. The first-order valence-corrected chi connectivity index (χ1v) is 9.98. The molecule has 1 aromatic carbocycles. The molecule has 0 atom stereocenters. The normalized spacial score (nSPS) is 11.2. The molecule has 5 heteroatoms. The number of pyridine rings is 1. The van der Waals surface area contributed by atoms with Gasteiger partial charge in [-0.25, -0.2) is 4.98 Å². The third kappa shape index (κ3) is 4.88. The Morgan fingerprint density at radius 1 is 1.15 bits per heavy atom. The largest absolute Gasteiger partial charge is 0.336 e. The van der Waals surface area contributed by atoms with Gasteiger partial charge in [-0.2, -0.15) is 0 Å². The van der Waals surface area contributed by atoms with Gasteiger partial charge in [-0.05, 0) is 56.9 Å². The monoisotopic (exact) mass is 367 g/mol. The van der Waals surface area contributed by atoms with Crippen LogP contribution in [0, 0.1) is 0 Å². The van der Waals surface area contributed by atoms with Gasteiger partial charge in [0.15, 0.2) is 0 Å².